The maximum Gasteiger partial charge on any atom is 0.266 e. The summed E-state index contributed by atoms with van der Waals surface area (Å²) in [5, 5.41) is 0. The number of benzene rings is 2. The van der Waals surface area contributed by atoms with Crippen molar-refractivity contribution in [2.45, 2.75) is 38.4 Å². The molecule has 2 unspecified atom stereocenters. The molecule has 1 saturated heterocycles. The average Bonchev–Trinajstić information content (AvgIpc) is 3.52. The molecule has 1 aliphatic carbocycles. The van der Waals surface area contributed by atoms with Gasteiger partial charge in [-0.2, -0.15) is 0 Å². The molecule has 3 heterocycles. The van der Waals surface area contributed by atoms with Crippen molar-refractivity contribution in [2.75, 3.05) is 7.11 Å². The van der Waals surface area contributed by atoms with Gasteiger partial charge in [0.25, 0.3) is 5.56 Å². The van der Waals surface area contributed by atoms with Crippen molar-refractivity contribution in [2.24, 2.45) is 0 Å². The van der Waals surface area contributed by atoms with Crippen molar-refractivity contribution in [3.63, 3.8) is 0 Å². The van der Waals surface area contributed by atoms with Crippen molar-refractivity contribution in [1.29, 1.82) is 0 Å². The van der Waals surface area contributed by atoms with E-state index in [2.05, 4.69) is 6.58 Å². The van der Waals surface area contributed by atoms with Crippen LogP contribution in [0.5, 0.6) is 5.75 Å². The van der Waals surface area contributed by atoms with Crippen LogP contribution in [0.4, 0.5) is 0 Å². The summed E-state index contributed by atoms with van der Waals surface area (Å²) in [6.07, 6.45) is 7.20. The zero-order valence-corrected chi connectivity index (χ0v) is 20.4. The number of pyridine rings is 1. The van der Waals surface area contributed by atoms with E-state index in [4.69, 9.17) is 14.5 Å². The number of epoxide rings is 1. The van der Waals surface area contributed by atoms with Crippen LogP contribution in [-0.2, 0) is 4.74 Å². The van der Waals surface area contributed by atoms with E-state index in [-0.39, 0.29) is 11.3 Å². The zero-order chi connectivity index (χ0) is 25.2. The van der Waals surface area contributed by atoms with Crippen LogP contribution < -0.4 is 10.3 Å². The van der Waals surface area contributed by atoms with Gasteiger partial charge in [-0.1, -0.05) is 55.1 Å². The molecule has 182 valence electrons. The van der Waals surface area contributed by atoms with Crippen LogP contribution in [0.1, 0.15) is 47.8 Å². The number of ether oxygens (including phenoxy) is 2. The van der Waals surface area contributed by atoms with E-state index in [0.29, 0.717) is 51.6 Å². The Labute approximate surface area is 209 Å². The van der Waals surface area contributed by atoms with Gasteiger partial charge in [-0.25, -0.2) is 4.98 Å². The highest BCUT2D eigenvalue weighted by Crippen LogP contribution is 2.37. The van der Waals surface area contributed by atoms with Gasteiger partial charge in [0.05, 0.1) is 30.6 Å². The van der Waals surface area contributed by atoms with Gasteiger partial charge in [0, 0.05) is 22.9 Å². The predicted octanol–water partition coefficient (Wildman–Crippen LogP) is 5.57. The number of hydrogen-bond acceptors (Lipinski definition) is 5. The van der Waals surface area contributed by atoms with Gasteiger partial charge >= 0.3 is 0 Å². The van der Waals surface area contributed by atoms with E-state index in [9.17, 15) is 9.59 Å². The second-order valence-electron chi connectivity index (χ2n) is 9.03. The average molecular weight is 481 g/mol. The number of carbonyl (C=O) groups excluding carboxylic acids is 1. The number of Topliss-reactive ketones (excluding diaryl/α,β-unsaturated/α-hetero) is 1. The van der Waals surface area contributed by atoms with E-state index in [1.807, 2.05) is 30.3 Å². The Morgan fingerprint density at radius 3 is 2.33 bits per heavy atom. The Hall–Kier alpha value is -4.03. The molecule has 0 amide bonds. The molecule has 4 aromatic rings. The monoisotopic (exact) mass is 480 g/mol. The molecule has 0 spiro atoms. The molecule has 2 aliphatic rings. The third-order valence-corrected chi connectivity index (χ3v) is 6.70. The zero-order valence-electron chi connectivity index (χ0n) is 20.4. The van der Waals surface area contributed by atoms with E-state index < -0.39 is 0 Å². The molecule has 2 aromatic carbocycles. The summed E-state index contributed by atoms with van der Waals surface area (Å²) in [7, 11) is 1.59. The molecular formula is C30H28N2O4. The Bertz CT molecular complexity index is 1500. The lowest BCUT2D eigenvalue weighted by molar-refractivity contribution is 0.101. The van der Waals surface area contributed by atoms with Crippen LogP contribution in [0.3, 0.4) is 0 Å². The van der Waals surface area contributed by atoms with Crippen LogP contribution >= 0.6 is 0 Å². The van der Waals surface area contributed by atoms with E-state index in [0.717, 1.165) is 5.56 Å². The molecular weight excluding hydrogens is 452 g/mol. The van der Waals surface area contributed by atoms with Gasteiger partial charge in [-0.05, 0) is 49.9 Å². The molecule has 2 aromatic heterocycles. The minimum atomic E-state index is -0.206. The maximum absolute atomic E-state index is 13.4. The van der Waals surface area contributed by atoms with Crippen LogP contribution in [0.25, 0.3) is 22.3 Å². The predicted molar refractivity (Wildman–Crippen MR) is 141 cm³/mol. The minimum Gasteiger partial charge on any atom is -0.496 e. The Morgan fingerprint density at radius 2 is 1.72 bits per heavy atom. The topological polar surface area (TPSA) is 73.2 Å². The lowest BCUT2D eigenvalue weighted by Gasteiger charge is -2.15. The van der Waals surface area contributed by atoms with Gasteiger partial charge < -0.3 is 9.47 Å². The number of fused-ring (bicyclic) bond motifs is 2. The highest BCUT2D eigenvalue weighted by molar-refractivity contribution is 5.95. The summed E-state index contributed by atoms with van der Waals surface area (Å²) in [5.74, 6) is 0.615. The first kappa shape index (κ1) is 23.7. The Morgan fingerprint density at radius 1 is 1.03 bits per heavy atom. The molecule has 2 fully saturated rings. The first-order chi connectivity index (χ1) is 17.5. The van der Waals surface area contributed by atoms with Crippen molar-refractivity contribution in [3.05, 3.63) is 107 Å². The highest BCUT2D eigenvalue weighted by atomic mass is 16.6. The van der Waals surface area contributed by atoms with Gasteiger partial charge in [-0.15, -0.1) is 0 Å². The van der Waals surface area contributed by atoms with Gasteiger partial charge in [0.15, 0.2) is 5.78 Å². The number of para-hydroxylation sites is 1. The fourth-order valence-electron chi connectivity index (χ4n) is 4.67. The number of aromatic nitrogens is 2. The van der Waals surface area contributed by atoms with E-state index in [1.54, 1.807) is 49.7 Å². The number of ketones is 1. The minimum absolute atomic E-state index is 0.0337. The van der Waals surface area contributed by atoms with Gasteiger partial charge in [0.1, 0.15) is 11.4 Å². The third kappa shape index (κ3) is 4.60. The number of methoxy groups -OCH3 is 1. The summed E-state index contributed by atoms with van der Waals surface area (Å²) in [6.45, 7) is 5.75. The first-order valence-electron chi connectivity index (χ1n) is 12.1. The summed E-state index contributed by atoms with van der Waals surface area (Å²) < 4.78 is 12.1. The number of carbonyl (C=O) groups is 1. The second-order valence-corrected chi connectivity index (χ2v) is 9.03. The van der Waals surface area contributed by atoms with Crippen molar-refractivity contribution >= 4 is 17.0 Å². The van der Waals surface area contributed by atoms with Crippen LogP contribution in [-0.4, -0.2) is 34.5 Å². The fraction of sp³-hybridized carbons (Fsp3) is 0.233. The van der Waals surface area contributed by atoms with E-state index in [1.165, 1.54) is 30.6 Å². The normalized spacial score (nSPS) is 17.6. The molecule has 6 heteroatoms. The molecule has 1 aliphatic heterocycles. The molecule has 6 nitrogen and oxygen atoms in total. The van der Waals surface area contributed by atoms with Crippen LogP contribution in [0, 0.1) is 0 Å². The van der Waals surface area contributed by atoms with E-state index >= 15 is 0 Å². The number of hydrogen-bond donors (Lipinski definition) is 0. The molecule has 36 heavy (non-hydrogen) atoms. The third-order valence-electron chi connectivity index (χ3n) is 6.70. The Balaban J connectivity index is 0.000000382. The lowest BCUT2D eigenvalue weighted by atomic mass is 9.95. The smallest absolute Gasteiger partial charge is 0.266 e. The van der Waals surface area contributed by atoms with Crippen molar-refractivity contribution in [1.82, 2.24) is 9.38 Å². The van der Waals surface area contributed by atoms with Crippen molar-refractivity contribution < 1.29 is 14.3 Å². The SMILES string of the molecule is C1CC2OC2C1.C=C(c1ccccc1OC)c1nc2ccccn2c(=O)c1-c1ccc(C(C)=O)cc1. The van der Waals surface area contributed by atoms with Gasteiger partial charge in [-0.3, -0.25) is 14.0 Å². The summed E-state index contributed by atoms with van der Waals surface area (Å²) in [6, 6.07) is 19.9. The van der Waals surface area contributed by atoms with Gasteiger partial charge in [0.2, 0.25) is 0 Å². The molecule has 0 bridgehead atoms. The standard InChI is InChI=1S/C25H20N2O3.C5H8O/c1-16(20-8-4-5-9-21(20)30-3)24-23(19-13-11-18(12-14-19)17(2)28)25(29)27-15-7-6-10-22(27)26-24;1-2-4-5(3-1)6-4/h4-15H,1H2,2-3H3;4-5H,1-3H2. The van der Waals surface area contributed by atoms with Crippen LogP contribution in [0.15, 0.2) is 84.3 Å². The first-order valence-corrected chi connectivity index (χ1v) is 12.1. The summed E-state index contributed by atoms with van der Waals surface area (Å²) >= 11 is 0. The second kappa shape index (κ2) is 9.91. The fourth-order valence-corrected chi connectivity index (χ4v) is 4.67. The number of nitrogens with zero attached hydrogens (tertiary/aromatic N) is 2. The molecule has 1 saturated carbocycles. The maximum atomic E-state index is 13.4. The lowest BCUT2D eigenvalue weighted by Crippen LogP contribution is -2.19. The van der Waals surface area contributed by atoms with Crippen LogP contribution in [0.2, 0.25) is 0 Å². The molecule has 0 radical (unpaired) electrons. The molecule has 2 atom stereocenters. The number of rotatable bonds is 5. The largest absolute Gasteiger partial charge is 0.496 e. The quantitative estimate of drug-likeness (QED) is 0.276. The Kier molecular flexibility index (Phi) is 6.53. The molecule has 0 N–H and O–H groups in total. The van der Waals surface area contributed by atoms with Crippen molar-refractivity contribution in [3.8, 4) is 16.9 Å². The summed E-state index contributed by atoms with van der Waals surface area (Å²) in [4.78, 5) is 29.9. The highest BCUT2D eigenvalue weighted by Gasteiger charge is 2.42. The molecule has 6 rings (SSSR count). The summed E-state index contributed by atoms with van der Waals surface area (Å²) in [5.41, 5.74) is 3.81.